The summed E-state index contributed by atoms with van der Waals surface area (Å²) in [6, 6.07) is 18.8. The minimum absolute atomic E-state index is 0.196. The Labute approximate surface area is 279 Å². The summed E-state index contributed by atoms with van der Waals surface area (Å²) in [5, 5.41) is 32.4. The zero-order valence-electron chi connectivity index (χ0n) is 26.0. The van der Waals surface area contributed by atoms with Crippen molar-refractivity contribution in [2.75, 3.05) is 23.4 Å². The largest absolute Gasteiger partial charge is 0.479 e. The average Bonchev–Trinajstić information content (AvgIpc) is 3.02. The lowest BCUT2D eigenvalue weighted by atomic mass is 9.93. The van der Waals surface area contributed by atoms with Crippen LogP contribution in [0, 0.1) is 5.92 Å². The standard InChI is InChI=1S/C30H29Cl2N3O5.C5H12O/c31-23-14-24(32)16-25(15-23)34-30(40)35(26-12-10-21(11-13-26)20-4-2-1-3-5-20)18-19-6-8-22(9-7-19)28(37)33-17-27(36)29(38)39;1-5(2)3-4-6/h4,6-16,27,36H,1-3,5,17-18H2,(H,33,37)(H,34,40)(H,38,39);5-6H,3-4H2,1-2H3. The number of benzene rings is 3. The molecule has 1 atom stereocenters. The number of rotatable bonds is 11. The predicted molar refractivity (Wildman–Crippen MR) is 184 cm³/mol. The lowest BCUT2D eigenvalue weighted by Gasteiger charge is -2.24. The SMILES string of the molecule is CC(C)CCO.O=C(NCC(O)C(=O)O)c1ccc(CN(C(=O)Nc2cc(Cl)cc(Cl)c2)c2ccc(C3=CCCCC3)cc2)cc1. The molecule has 246 valence electrons. The van der Waals surface area contributed by atoms with Gasteiger partial charge in [-0.15, -0.1) is 0 Å². The van der Waals surface area contributed by atoms with E-state index >= 15 is 0 Å². The lowest BCUT2D eigenvalue weighted by molar-refractivity contribution is -0.146. The van der Waals surface area contributed by atoms with E-state index in [1.54, 1.807) is 47.4 Å². The Kier molecular flexibility index (Phi) is 14.6. The summed E-state index contributed by atoms with van der Waals surface area (Å²) in [6.45, 7) is 4.30. The monoisotopic (exact) mass is 669 g/mol. The van der Waals surface area contributed by atoms with E-state index in [-0.39, 0.29) is 12.1 Å². The summed E-state index contributed by atoms with van der Waals surface area (Å²) in [5.41, 5.74) is 4.61. The maximum atomic E-state index is 13.5. The maximum Gasteiger partial charge on any atom is 0.334 e. The first kappa shape index (κ1) is 36.6. The van der Waals surface area contributed by atoms with Gasteiger partial charge in [0, 0.05) is 33.6 Å². The van der Waals surface area contributed by atoms with Crippen LogP contribution >= 0.6 is 23.2 Å². The Morgan fingerprint density at radius 2 is 1.59 bits per heavy atom. The number of carboxylic acid groups (broad SMARTS) is 1. The van der Waals surface area contributed by atoms with Gasteiger partial charge in [0.15, 0.2) is 6.10 Å². The molecule has 46 heavy (non-hydrogen) atoms. The number of halogens is 2. The van der Waals surface area contributed by atoms with Gasteiger partial charge in [0.2, 0.25) is 0 Å². The second-order valence-electron chi connectivity index (χ2n) is 11.4. The number of hydrogen-bond acceptors (Lipinski definition) is 5. The van der Waals surface area contributed by atoms with Crippen molar-refractivity contribution in [2.24, 2.45) is 5.92 Å². The summed E-state index contributed by atoms with van der Waals surface area (Å²) in [4.78, 5) is 38.2. The van der Waals surface area contributed by atoms with Crippen molar-refractivity contribution in [2.45, 2.75) is 58.6 Å². The number of carboxylic acids is 1. The quantitative estimate of drug-likeness (QED) is 0.144. The second-order valence-corrected chi connectivity index (χ2v) is 12.2. The van der Waals surface area contributed by atoms with Crippen LogP contribution in [0.3, 0.4) is 0 Å². The molecule has 0 saturated heterocycles. The Morgan fingerprint density at radius 1 is 0.935 bits per heavy atom. The smallest absolute Gasteiger partial charge is 0.334 e. The highest BCUT2D eigenvalue weighted by Gasteiger charge is 2.19. The van der Waals surface area contributed by atoms with Crippen LogP contribution in [-0.2, 0) is 11.3 Å². The van der Waals surface area contributed by atoms with Gasteiger partial charge < -0.3 is 26.0 Å². The number of carbonyl (C=O) groups excluding carboxylic acids is 2. The second kappa shape index (κ2) is 18.3. The molecule has 0 bridgehead atoms. The third kappa shape index (κ3) is 11.8. The molecule has 1 aliphatic carbocycles. The molecule has 11 heteroatoms. The van der Waals surface area contributed by atoms with Gasteiger partial charge in [-0.2, -0.15) is 0 Å². The van der Waals surface area contributed by atoms with Crippen LogP contribution in [0.1, 0.15) is 67.4 Å². The number of aliphatic hydroxyl groups is 2. The number of urea groups is 1. The Hall–Kier alpha value is -3.89. The van der Waals surface area contributed by atoms with Gasteiger partial charge in [-0.1, -0.05) is 67.4 Å². The van der Waals surface area contributed by atoms with Crippen molar-refractivity contribution >= 4 is 58.1 Å². The molecule has 3 amide bonds. The van der Waals surface area contributed by atoms with Crippen LogP contribution in [0.5, 0.6) is 0 Å². The molecule has 3 aromatic carbocycles. The fourth-order valence-corrected chi connectivity index (χ4v) is 5.16. The topological polar surface area (TPSA) is 139 Å². The third-order valence-electron chi connectivity index (χ3n) is 7.20. The van der Waals surface area contributed by atoms with E-state index in [0.717, 1.165) is 30.4 Å². The minimum atomic E-state index is -1.69. The van der Waals surface area contributed by atoms with E-state index in [2.05, 4.69) is 30.6 Å². The number of nitrogens with zero attached hydrogens (tertiary/aromatic N) is 1. The van der Waals surface area contributed by atoms with Gasteiger partial charge >= 0.3 is 12.0 Å². The van der Waals surface area contributed by atoms with Crippen LogP contribution in [0.2, 0.25) is 10.0 Å². The van der Waals surface area contributed by atoms with E-state index in [1.165, 1.54) is 18.4 Å². The maximum absolute atomic E-state index is 13.5. The van der Waals surface area contributed by atoms with Gasteiger partial charge in [-0.05, 0) is 97.2 Å². The number of anilines is 2. The molecule has 9 nitrogen and oxygen atoms in total. The van der Waals surface area contributed by atoms with Crippen molar-refractivity contribution in [1.29, 1.82) is 0 Å². The van der Waals surface area contributed by atoms with Gasteiger partial charge in [0.05, 0.1) is 13.1 Å². The van der Waals surface area contributed by atoms with E-state index in [9.17, 15) is 19.5 Å². The minimum Gasteiger partial charge on any atom is -0.479 e. The van der Waals surface area contributed by atoms with Crippen LogP contribution in [0.15, 0.2) is 72.8 Å². The number of allylic oxidation sites excluding steroid dienone is 2. The molecular weight excluding hydrogens is 629 g/mol. The van der Waals surface area contributed by atoms with Crippen LogP contribution in [-0.4, -0.2) is 52.5 Å². The fraction of sp³-hybridized carbons (Fsp3) is 0.343. The zero-order chi connectivity index (χ0) is 33.6. The molecule has 0 spiro atoms. The van der Waals surface area contributed by atoms with E-state index in [4.69, 9.17) is 33.4 Å². The molecule has 1 unspecified atom stereocenters. The molecule has 0 aromatic heterocycles. The van der Waals surface area contributed by atoms with Crippen molar-refractivity contribution < 1.29 is 29.7 Å². The Bertz CT molecular complexity index is 1470. The average molecular weight is 671 g/mol. The number of aliphatic carboxylic acids is 1. The van der Waals surface area contributed by atoms with Gasteiger partial charge in [-0.3, -0.25) is 9.69 Å². The first-order chi connectivity index (χ1) is 22.0. The normalized spacial score (nSPS) is 13.2. The summed E-state index contributed by atoms with van der Waals surface area (Å²) in [5.74, 6) is -1.29. The van der Waals surface area contributed by atoms with E-state index in [0.29, 0.717) is 33.9 Å². The lowest BCUT2D eigenvalue weighted by Crippen LogP contribution is -2.36. The van der Waals surface area contributed by atoms with Crippen molar-refractivity contribution in [3.05, 3.63) is 99.5 Å². The van der Waals surface area contributed by atoms with Gasteiger partial charge in [0.1, 0.15) is 0 Å². The fourth-order valence-electron chi connectivity index (χ4n) is 4.63. The molecule has 0 saturated carbocycles. The van der Waals surface area contributed by atoms with E-state index in [1.807, 2.05) is 24.3 Å². The summed E-state index contributed by atoms with van der Waals surface area (Å²) >= 11 is 12.2. The summed E-state index contributed by atoms with van der Waals surface area (Å²) in [6.07, 6.45) is 5.99. The first-order valence-corrected chi connectivity index (χ1v) is 15.9. The number of aliphatic hydroxyl groups excluding tert-OH is 2. The number of amides is 3. The van der Waals surface area contributed by atoms with E-state index < -0.39 is 30.6 Å². The van der Waals surface area contributed by atoms with Crippen LogP contribution < -0.4 is 15.5 Å². The van der Waals surface area contributed by atoms with Crippen LogP contribution in [0.4, 0.5) is 16.2 Å². The number of hydrogen-bond donors (Lipinski definition) is 5. The molecule has 0 fully saturated rings. The van der Waals surface area contributed by atoms with Crippen LogP contribution in [0.25, 0.3) is 5.57 Å². The summed E-state index contributed by atoms with van der Waals surface area (Å²) < 4.78 is 0. The van der Waals surface area contributed by atoms with Gasteiger partial charge in [0.25, 0.3) is 5.91 Å². The molecule has 5 N–H and O–H groups in total. The first-order valence-electron chi connectivity index (χ1n) is 15.2. The molecule has 0 aliphatic heterocycles. The number of carbonyl (C=O) groups is 3. The molecular formula is C35H41Cl2N3O6. The van der Waals surface area contributed by atoms with Gasteiger partial charge in [-0.25, -0.2) is 9.59 Å². The molecule has 0 radical (unpaired) electrons. The molecule has 3 aromatic rings. The van der Waals surface area contributed by atoms with Crippen molar-refractivity contribution in [1.82, 2.24) is 5.32 Å². The highest BCUT2D eigenvalue weighted by Crippen LogP contribution is 2.29. The highest BCUT2D eigenvalue weighted by molar-refractivity contribution is 6.35. The highest BCUT2D eigenvalue weighted by atomic mass is 35.5. The Balaban J connectivity index is 0.000000875. The Morgan fingerprint density at radius 3 is 2.11 bits per heavy atom. The number of nitrogens with one attached hydrogen (secondary N) is 2. The predicted octanol–water partition coefficient (Wildman–Crippen LogP) is 7.39. The molecule has 1 aliphatic rings. The molecule has 0 heterocycles. The third-order valence-corrected chi connectivity index (χ3v) is 7.64. The zero-order valence-corrected chi connectivity index (χ0v) is 27.5. The molecule has 4 rings (SSSR count). The van der Waals surface area contributed by atoms with Crippen molar-refractivity contribution in [3.8, 4) is 0 Å². The summed E-state index contributed by atoms with van der Waals surface area (Å²) in [7, 11) is 0. The van der Waals surface area contributed by atoms with Crippen molar-refractivity contribution in [3.63, 3.8) is 0 Å².